The summed E-state index contributed by atoms with van der Waals surface area (Å²) in [5.41, 5.74) is 6.27. The molecule has 8 heteroatoms. The van der Waals surface area contributed by atoms with E-state index in [1.54, 1.807) is 38.1 Å². The summed E-state index contributed by atoms with van der Waals surface area (Å²) in [4.78, 5) is 36.4. The second kappa shape index (κ2) is 7.80. The Morgan fingerprint density at radius 1 is 1.20 bits per heavy atom. The van der Waals surface area contributed by atoms with Gasteiger partial charge in [0.15, 0.2) is 0 Å². The van der Waals surface area contributed by atoms with Crippen molar-refractivity contribution < 1.29 is 23.9 Å². The van der Waals surface area contributed by atoms with Crippen molar-refractivity contribution in [2.24, 2.45) is 5.73 Å². The van der Waals surface area contributed by atoms with Crippen LogP contribution in [-0.2, 0) is 4.74 Å². The van der Waals surface area contributed by atoms with Crippen LogP contribution in [0.25, 0.3) is 0 Å². The van der Waals surface area contributed by atoms with Crippen molar-refractivity contribution in [3.05, 3.63) is 45.8 Å². The van der Waals surface area contributed by atoms with Gasteiger partial charge >= 0.3 is 5.97 Å². The Hall–Kier alpha value is -2.87. The molecule has 0 aliphatic rings. The predicted octanol–water partition coefficient (Wildman–Crippen LogP) is 2.59. The Kier molecular flexibility index (Phi) is 5.76. The van der Waals surface area contributed by atoms with Crippen LogP contribution in [0.15, 0.2) is 24.3 Å². The number of esters is 1. The first kappa shape index (κ1) is 18.5. The van der Waals surface area contributed by atoms with Crippen molar-refractivity contribution in [3.63, 3.8) is 0 Å². The van der Waals surface area contributed by atoms with Crippen molar-refractivity contribution in [2.45, 2.75) is 13.8 Å². The van der Waals surface area contributed by atoms with Gasteiger partial charge in [-0.1, -0.05) is 0 Å². The SMILES string of the molecule is CCOC(=O)c1sc(NC(=O)c2ccc(OC)cc2)c(C(N)=O)c1C. The number of nitrogens with one attached hydrogen (secondary N) is 1. The van der Waals surface area contributed by atoms with Gasteiger partial charge in [-0.25, -0.2) is 4.79 Å². The third kappa shape index (κ3) is 3.97. The van der Waals surface area contributed by atoms with Gasteiger partial charge < -0.3 is 20.5 Å². The maximum Gasteiger partial charge on any atom is 0.348 e. The van der Waals surface area contributed by atoms with Gasteiger partial charge in [-0.2, -0.15) is 0 Å². The van der Waals surface area contributed by atoms with Crippen molar-refractivity contribution in [2.75, 3.05) is 19.0 Å². The lowest BCUT2D eigenvalue weighted by atomic mass is 10.1. The average molecular weight is 362 g/mol. The molecule has 2 rings (SSSR count). The number of nitrogens with two attached hydrogens (primary N) is 1. The first-order valence-electron chi connectivity index (χ1n) is 7.44. The van der Waals surface area contributed by atoms with E-state index in [0.29, 0.717) is 16.9 Å². The average Bonchev–Trinajstić information content (AvgIpc) is 2.91. The van der Waals surface area contributed by atoms with E-state index in [1.807, 2.05) is 0 Å². The van der Waals surface area contributed by atoms with Crippen molar-refractivity contribution in [1.29, 1.82) is 0 Å². The standard InChI is InChI=1S/C17H18N2O5S/c1-4-24-17(22)13-9(2)12(14(18)20)16(25-13)19-15(21)10-5-7-11(23-3)8-6-10/h5-8H,4H2,1-3H3,(H2,18,20)(H,19,21). The molecular formula is C17H18N2O5S. The highest BCUT2D eigenvalue weighted by atomic mass is 32.1. The van der Waals surface area contributed by atoms with Crippen LogP contribution in [0.2, 0.25) is 0 Å². The summed E-state index contributed by atoms with van der Waals surface area (Å²) in [7, 11) is 1.53. The normalized spacial score (nSPS) is 10.2. The molecule has 0 fully saturated rings. The number of hydrogen-bond acceptors (Lipinski definition) is 6. The van der Waals surface area contributed by atoms with E-state index in [1.165, 1.54) is 7.11 Å². The smallest absolute Gasteiger partial charge is 0.348 e. The quantitative estimate of drug-likeness (QED) is 0.768. The first-order chi connectivity index (χ1) is 11.9. The van der Waals surface area contributed by atoms with Crippen LogP contribution in [0, 0.1) is 6.92 Å². The van der Waals surface area contributed by atoms with E-state index in [0.717, 1.165) is 11.3 Å². The van der Waals surface area contributed by atoms with Gasteiger partial charge in [0, 0.05) is 5.56 Å². The molecule has 0 spiro atoms. The summed E-state index contributed by atoms with van der Waals surface area (Å²) in [6.07, 6.45) is 0. The molecule has 0 bridgehead atoms. The number of hydrogen-bond donors (Lipinski definition) is 2. The topological polar surface area (TPSA) is 108 Å². The molecule has 25 heavy (non-hydrogen) atoms. The molecule has 1 aromatic carbocycles. The van der Waals surface area contributed by atoms with Gasteiger partial charge in [-0.15, -0.1) is 11.3 Å². The molecule has 0 aliphatic carbocycles. The fourth-order valence-electron chi connectivity index (χ4n) is 2.21. The van der Waals surface area contributed by atoms with E-state index in [2.05, 4.69) is 5.32 Å². The summed E-state index contributed by atoms with van der Waals surface area (Å²) in [6, 6.07) is 6.47. The molecule has 0 saturated heterocycles. The van der Waals surface area contributed by atoms with Gasteiger partial charge in [-0.3, -0.25) is 9.59 Å². The lowest BCUT2D eigenvalue weighted by Gasteiger charge is -2.06. The summed E-state index contributed by atoms with van der Waals surface area (Å²) in [5, 5.41) is 2.85. The molecule has 0 radical (unpaired) electrons. The number of thiophene rings is 1. The maximum atomic E-state index is 12.4. The summed E-state index contributed by atoms with van der Waals surface area (Å²) < 4.78 is 10.0. The molecule has 0 atom stereocenters. The van der Waals surface area contributed by atoms with Crippen LogP contribution in [-0.4, -0.2) is 31.5 Å². The molecule has 1 aromatic heterocycles. The Morgan fingerprint density at radius 2 is 1.84 bits per heavy atom. The number of carbonyl (C=O) groups excluding carboxylic acids is 3. The summed E-state index contributed by atoms with van der Waals surface area (Å²) in [5.74, 6) is -1.10. The second-order valence-corrected chi connectivity index (χ2v) is 6.05. The molecule has 1 heterocycles. The number of methoxy groups -OCH3 is 1. The summed E-state index contributed by atoms with van der Waals surface area (Å²) >= 11 is 0.961. The van der Waals surface area contributed by atoms with Crippen LogP contribution in [0.1, 0.15) is 42.9 Å². The minimum Gasteiger partial charge on any atom is -0.497 e. The van der Waals surface area contributed by atoms with E-state index >= 15 is 0 Å². The molecule has 0 unspecified atom stereocenters. The monoisotopic (exact) mass is 362 g/mol. The van der Waals surface area contributed by atoms with Crippen LogP contribution in [0.4, 0.5) is 5.00 Å². The summed E-state index contributed by atoms with van der Waals surface area (Å²) in [6.45, 7) is 3.48. The Labute approximate surface area is 148 Å². The Balaban J connectivity index is 2.33. The molecule has 2 amide bonds. The number of amides is 2. The van der Waals surface area contributed by atoms with Crippen molar-refractivity contribution in [1.82, 2.24) is 0 Å². The number of ether oxygens (including phenoxy) is 2. The molecular weight excluding hydrogens is 344 g/mol. The van der Waals surface area contributed by atoms with E-state index < -0.39 is 17.8 Å². The van der Waals surface area contributed by atoms with Gasteiger partial charge in [0.2, 0.25) is 0 Å². The molecule has 132 valence electrons. The third-order valence-corrected chi connectivity index (χ3v) is 4.62. The zero-order valence-electron chi connectivity index (χ0n) is 14.0. The van der Waals surface area contributed by atoms with Crippen LogP contribution >= 0.6 is 11.3 Å². The molecule has 0 saturated carbocycles. The predicted molar refractivity (Wildman–Crippen MR) is 94.5 cm³/mol. The lowest BCUT2D eigenvalue weighted by Crippen LogP contribution is -2.17. The Morgan fingerprint density at radius 3 is 2.36 bits per heavy atom. The van der Waals surface area contributed by atoms with E-state index in [4.69, 9.17) is 15.2 Å². The largest absolute Gasteiger partial charge is 0.497 e. The van der Waals surface area contributed by atoms with Gasteiger partial charge in [0.25, 0.3) is 11.8 Å². The molecule has 2 aromatic rings. The highest BCUT2D eigenvalue weighted by molar-refractivity contribution is 7.18. The number of benzene rings is 1. The number of anilines is 1. The minimum atomic E-state index is -0.727. The molecule has 7 nitrogen and oxygen atoms in total. The number of carbonyl (C=O) groups is 3. The van der Waals surface area contributed by atoms with Crippen LogP contribution < -0.4 is 15.8 Å². The van der Waals surface area contributed by atoms with Crippen LogP contribution in [0.5, 0.6) is 5.75 Å². The van der Waals surface area contributed by atoms with E-state index in [-0.39, 0.29) is 22.0 Å². The zero-order valence-corrected chi connectivity index (χ0v) is 14.9. The van der Waals surface area contributed by atoms with Gasteiger partial charge in [-0.05, 0) is 43.7 Å². The fourth-order valence-corrected chi connectivity index (χ4v) is 3.31. The van der Waals surface area contributed by atoms with Crippen molar-refractivity contribution >= 4 is 34.1 Å². The highest BCUT2D eigenvalue weighted by Gasteiger charge is 2.25. The van der Waals surface area contributed by atoms with Crippen LogP contribution in [0.3, 0.4) is 0 Å². The van der Waals surface area contributed by atoms with E-state index in [9.17, 15) is 14.4 Å². The lowest BCUT2D eigenvalue weighted by molar-refractivity contribution is 0.0531. The Bertz CT molecular complexity index is 811. The van der Waals surface area contributed by atoms with Gasteiger partial charge in [0.1, 0.15) is 15.6 Å². The molecule has 0 aliphatic heterocycles. The van der Waals surface area contributed by atoms with Crippen molar-refractivity contribution in [3.8, 4) is 5.75 Å². The highest BCUT2D eigenvalue weighted by Crippen LogP contribution is 2.33. The number of rotatable bonds is 6. The number of primary amides is 1. The fraction of sp³-hybridized carbons (Fsp3) is 0.235. The minimum absolute atomic E-state index is 0.106. The first-order valence-corrected chi connectivity index (χ1v) is 8.26. The molecule has 3 N–H and O–H groups in total. The maximum absolute atomic E-state index is 12.4. The third-order valence-electron chi connectivity index (χ3n) is 3.43. The second-order valence-electron chi connectivity index (χ2n) is 5.03. The van der Waals surface area contributed by atoms with Gasteiger partial charge in [0.05, 0.1) is 19.3 Å². The zero-order chi connectivity index (χ0) is 18.6.